The zero-order valence-electron chi connectivity index (χ0n) is 14.6. The van der Waals surface area contributed by atoms with Crippen LogP contribution in [0.4, 0.5) is 0 Å². The first kappa shape index (κ1) is 17.8. The van der Waals surface area contributed by atoms with Crippen LogP contribution in [0, 0.1) is 0 Å². The molecule has 0 aliphatic carbocycles. The van der Waals surface area contributed by atoms with Crippen LogP contribution in [0.3, 0.4) is 0 Å². The monoisotopic (exact) mass is 364 g/mol. The molecule has 1 aromatic carbocycles. The molecule has 26 heavy (non-hydrogen) atoms. The molecule has 0 saturated carbocycles. The number of hydrogen-bond acceptors (Lipinski definition) is 4. The second-order valence-corrected chi connectivity index (χ2v) is 6.36. The highest BCUT2D eigenvalue weighted by Gasteiger charge is 2.11. The average Bonchev–Trinajstić information content (AvgIpc) is 3.07. The molecule has 0 aliphatic heterocycles. The average molecular weight is 364 g/mol. The van der Waals surface area contributed by atoms with E-state index in [2.05, 4.69) is 20.8 Å². The fraction of sp³-hybridized carbons (Fsp3) is 0.158. The minimum absolute atomic E-state index is 0.247. The lowest BCUT2D eigenvalue weighted by Crippen LogP contribution is -2.36. The minimum Gasteiger partial charge on any atom is -0.359 e. The molecule has 0 aliphatic rings. The van der Waals surface area contributed by atoms with Crippen LogP contribution in [0.25, 0.3) is 16.9 Å². The molecule has 2 N–H and O–H groups in total. The summed E-state index contributed by atoms with van der Waals surface area (Å²) in [6.45, 7) is 4.03. The molecule has 7 heteroatoms. The summed E-state index contributed by atoms with van der Waals surface area (Å²) in [4.78, 5) is 4.19. The molecule has 0 unspecified atom stereocenters. The van der Waals surface area contributed by atoms with E-state index in [0.717, 1.165) is 22.5 Å². The van der Waals surface area contributed by atoms with Gasteiger partial charge in [0, 0.05) is 35.8 Å². The molecule has 0 radical (unpaired) electrons. The van der Waals surface area contributed by atoms with Crippen LogP contribution in [0.15, 0.2) is 66.2 Å². The van der Waals surface area contributed by atoms with E-state index in [1.165, 1.54) is 0 Å². The summed E-state index contributed by atoms with van der Waals surface area (Å²) in [5.41, 5.74) is 6.39. The van der Waals surface area contributed by atoms with Crippen molar-refractivity contribution in [1.82, 2.24) is 25.5 Å². The second-order valence-electron chi connectivity index (χ2n) is 5.95. The van der Waals surface area contributed by atoms with Gasteiger partial charge in [0.15, 0.2) is 5.11 Å². The van der Waals surface area contributed by atoms with E-state index in [4.69, 9.17) is 17.3 Å². The van der Waals surface area contributed by atoms with Crippen molar-refractivity contribution in [2.24, 2.45) is 5.10 Å². The van der Waals surface area contributed by atoms with Crippen molar-refractivity contribution in [3.8, 4) is 16.9 Å². The van der Waals surface area contributed by atoms with Gasteiger partial charge in [-0.3, -0.25) is 10.4 Å². The largest absolute Gasteiger partial charge is 0.359 e. The number of hydrogen-bond donors (Lipinski definition) is 2. The molecule has 0 fully saturated rings. The summed E-state index contributed by atoms with van der Waals surface area (Å²) in [5.74, 6) is 0. The lowest BCUT2D eigenvalue weighted by Gasteiger charge is -2.09. The minimum atomic E-state index is 0.247. The molecule has 3 rings (SSSR count). The van der Waals surface area contributed by atoms with E-state index in [1.54, 1.807) is 18.6 Å². The van der Waals surface area contributed by atoms with Gasteiger partial charge >= 0.3 is 0 Å². The molecule has 0 amide bonds. The van der Waals surface area contributed by atoms with Crippen LogP contribution in [-0.4, -0.2) is 32.1 Å². The van der Waals surface area contributed by atoms with E-state index < -0.39 is 0 Å². The van der Waals surface area contributed by atoms with Gasteiger partial charge in [0.25, 0.3) is 0 Å². The van der Waals surface area contributed by atoms with E-state index in [-0.39, 0.29) is 6.04 Å². The van der Waals surface area contributed by atoms with Gasteiger partial charge in [0.05, 0.1) is 11.9 Å². The fourth-order valence-electron chi connectivity index (χ4n) is 2.38. The van der Waals surface area contributed by atoms with Crippen LogP contribution >= 0.6 is 12.2 Å². The van der Waals surface area contributed by atoms with E-state index in [0.29, 0.717) is 5.11 Å². The maximum atomic E-state index is 5.19. The number of pyridine rings is 1. The maximum Gasteiger partial charge on any atom is 0.187 e. The van der Waals surface area contributed by atoms with E-state index in [9.17, 15) is 0 Å². The zero-order chi connectivity index (χ0) is 18.4. The van der Waals surface area contributed by atoms with Gasteiger partial charge in [0.1, 0.15) is 5.69 Å². The Hall–Kier alpha value is -3.06. The number of nitrogens with one attached hydrogen (secondary N) is 2. The molecule has 6 nitrogen and oxygen atoms in total. The highest BCUT2D eigenvalue weighted by molar-refractivity contribution is 7.80. The highest BCUT2D eigenvalue weighted by atomic mass is 32.1. The summed E-state index contributed by atoms with van der Waals surface area (Å²) in [7, 11) is 0. The predicted molar refractivity (Wildman–Crippen MR) is 108 cm³/mol. The summed E-state index contributed by atoms with van der Waals surface area (Å²) >= 11 is 5.19. The summed E-state index contributed by atoms with van der Waals surface area (Å²) in [6.07, 6.45) is 7.17. The lowest BCUT2D eigenvalue weighted by molar-refractivity contribution is 0.720. The molecule has 0 saturated heterocycles. The third-order valence-electron chi connectivity index (χ3n) is 3.49. The number of rotatable bonds is 5. The lowest BCUT2D eigenvalue weighted by atomic mass is 10.1. The molecule has 0 spiro atoms. The Bertz CT molecular complexity index is 887. The van der Waals surface area contributed by atoms with Gasteiger partial charge in [-0.2, -0.15) is 10.2 Å². The Kier molecular flexibility index (Phi) is 5.70. The number of benzene rings is 1. The molecule has 132 valence electrons. The van der Waals surface area contributed by atoms with Crippen LogP contribution in [0.1, 0.15) is 19.4 Å². The first-order chi connectivity index (χ1) is 12.6. The van der Waals surface area contributed by atoms with E-state index in [1.807, 2.05) is 67.2 Å². The third-order valence-corrected chi connectivity index (χ3v) is 3.70. The Labute approximate surface area is 158 Å². The number of para-hydroxylation sites is 1. The van der Waals surface area contributed by atoms with Crippen LogP contribution in [-0.2, 0) is 0 Å². The SMILES string of the molecule is CC(C)NC(=S)N/N=C\c1cn(-c2ccccc2)nc1-c1cccnc1. The summed E-state index contributed by atoms with van der Waals surface area (Å²) in [6, 6.07) is 14.0. The number of hydrazone groups is 1. The van der Waals surface area contributed by atoms with Crippen LogP contribution in [0.5, 0.6) is 0 Å². The van der Waals surface area contributed by atoms with Gasteiger partial charge in [-0.15, -0.1) is 0 Å². The van der Waals surface area contributed by atoms with Gasteiger partial charge in [-0.25, -0.2) is 4.68 Å². The molecule has 0 atom stereocenters. The molecule has 0 bridgehead atoms. The normalized spacial score (nSPS) is 11.0. The third kappa shape index (κ3) is 4.52. The Morgan fingerprint density at radius 3 is 2.69 bits per heavy atom. The Morgan fingerprint density at radius 2 is 2.00 bits per heavy atom. The van der Waals surface area contributed by atoms with E-state index >= 15 is 0 Å². The van der Waals surface area contributed by atoms with Crippen molar-refractivity contribution >= 4 is 23.5 Å². The van der Waals surface area contributed by atoms with Crippen molar-refractivity contribution in [3.63, 3.8) is 0 Å². The Balaban J connectivity index is 1.90. The second kappa shape index (κ2) is 8.35. The van der Waals surface area contributed by atoms with Gasteiger partial charge < -0.3 is 5.32 Å². The topological polar surface area (TPSA) is 67.1 Å². The van der Waals surface area contributed by atoms with Crippen molar-refractivity contribution in [2.75, 3.05) is 0 Å². The molecule has 2 aromatic heterocycles. The van der Waals surface area contributed by atoms with Crippen LogP contribution < -0.4 is 10.7 Å². The van der Waals surface area contributed by atoms with Crippen molar-refractivity contribution in [1.29, 1.82) is 0 Å². The number of thiocarbonyl (C=S) groups is 1. The fourth-order valence-corrected chi connectivity index (χ4v) is 2.67. The van der Waals surface area contributed by atoms with Gasteiger partial charge in [0.2, 0.25) is 0 Å². The maximum absolute atomic E-state index is 5.19. The standard InChI is InChI=1S/C19H20N6S/c1-14(2)22-19(26)23-21-12-16-13-25(17-8-4-3-5-9-17)24-18(16)15-7-6-10-20-11-15/h3-14H,1-2H3,(H2,22,23,26)/b21-12-. The predicted octanol–water partition coefficient (Wildman–Crippen LogP) is 3.14. The van der Waals surface area contributed by atoms with Crippen molar-refractivity contribution < 1.29 is 0 Å². The van der Waals surface area contributed by atoms with Crippen molar-refractivity contribution in [2.45, 2.75) is 19.9 Å². The number of aromatic nitrogens is 3. The molecular weight excluding hydrogens is 344 g/mol. The summed E-state index contributed by atoms with van der Waals surface area (Å²) < 4.78 is 1.83. The first-order valence-electron chi connectivity index (χ1n) is 8.28. The summed E-state index contributed by atoms with van der Waals surface area (Å²) in [5, 5.41) is 12.5. The molecular formula is C19H20N6S. The quantitative estimate of drug-likeness (QED) is 0.414. The molecule has 3 aromatic rings. The molecule has 2 heterocycles. The smallest absolute Gasteiger partial charge is 0.187 e. The first-order valence-corrected chi connectivity index (χ1v) is 8.69. The Morgan fingerprint density at radius 1 is 1.19 bits per heavy atom. The zero-order valence-corrected chi connectivity index (χ0v) is 15.4. The van der Waals surface area contributed by atoms with Gasteiger partial charge in [-0.1, -0.05) is 18.2 Å². The van der Waals surface area contributed by atoms with Crippen LogP contribution in [0.2, 0.25) is 0 Å². The highest BCUT2D eigenvalue weighted by Crippen LogP contribution is 2.21. The number of nitrogens with zero attached hydrogens (tertiary/aromatic N) is 4. The van der Waals surface area contributed by atoms with Crippen molar-refractivity contribution in [3.05, 3.63) is 66.6 Å². The van der Waals surface area contributed by atoms with Gasteiger partial charge in [-0.05, 0) is 50.3 Å².